The van der Waals surface area contributed by atoms with Crippen molar-refractivity contribution < 1.29 is 18.4 Å². The van der Waals surface area contributed by atoms with E-state index in [0.29, 0.717) is 10.4 Å². The molecule has 1 aromatic carbocycles. The van der Waals surface area contributed by atoms with Crippen molar-refractivity contribution in [1.82, 2.24) is 15.3 Å². The Hall–Kier alpha value is -3.20. The molecule has 2 heterocycles. The van der Waals surface area contributed by atoms with Gasteiger partial charge in [-0.3, -0.25) is 14.5 Å². The van der Waals surface area contributed by atoms with E-state index in [2.05, 4.69) is 29.1 Å². The van der Waals surface area contributed by atoms with Crippen LogP contribution in [0.3, 0.4) is 0 Å². The highest BCUT2D eigenvalue weighted by atomic mass is 32.1. The lowest BCUT2D eigenvalue weighted by atomic mass is 9.67. The lowest BCUT2D eigenvalue weighted by molar-refractivity contribution is 0.0727. The fourth-order valence-corrected chi connectivity index (χ4v) is 4.58. The molecule has 4 rings (SSSR count). The van der Waals surface area contributed by atoms with E-state index in [4.69, 9.17) is 0 Å². The first-order valence-electron chi connectivity index (χ1n) is 10.2. The maximum atomic E-state index is 13.9. The summed E-state index contributed by atoms with van der Waals surface area (Å²) in [7, 11) is 0. The molecule has 1 fully saturated rings. The summed E-state index contributed by atoms with van der Waals surface area (Å²) in [5, 5.41) is 3.15. The smallest absolute Gasteiger partial charge is 0.271 e. The van der Waals surface area contributed by atoms with Gasteiger partial charge in [0, 0.05) is 28.6 Å². The topological polar surface area (TPSA) is 75.2 Å². The summed E-state index contributed by atoms with van der Waals surface area (Å²) in [5.41, 5.74) is 0.447. The molecule has 166 valence electrons. The number of amides is 2. The highest BCUT2D eigenvalue weighted by molar-refractivity contribution is 7.16. The van der Waals surface area contributed by atoms with Crippen molar-refractivity contribution in [3.8, 4) is 0 Å². The van der Waals surface area contributed by atoms with Crippen LogP contribution in [0.15, 0.2) is 42.5 Å². The molecule has 0 spiro atoms. The summed E-state index contributed by atoms with van der Waals surface area (Å²) in [6.07, 6.45) is 1.92. The summed E-state index contributed by atoms with van der Waals surface area (Å²) in [4.78, 5) is 35.4. The predicted molar refractivity (Wildman–Crippen MR) is 118 cm³/mol. The van der Waals surface area contributed by atoms with E-state index in [-0.39, 0.29) is 33.9 Å². The number of carbonyl (C=O) groups is 2. The first-order valence-corrected chi connectivity index (χ1v) is 11.0. The van der Waals surface area contributed by atoms with Crippen LogP contribution >= 0.6 is 11.3 Å². The van der Waals surface area contributed by atoms with E-state index in [0.717, 1.165) is 41.2 Å². The summed E-state index contributed by atoms with van der Waals surface area (Å²) < 4.78 is 27.7. The van der Waals surface area contributed by atoms with Gasteiger partial charge in [-0.2, -0.15) is 13.8 Å². The van der Waals surface area contributed by atoms with Crippen molar-refractivity contribution in [1.29, 1.82) is 0 Å². The van der Waals surface area contributed by atoms with Crippen molar-refractivity contribution in [2.24, 2.45) is 5.41 Å². The lowest BCUT2D eigenvalue weighted by Gasteiger charge is -2.44. The molecule has 0 bridgehead atoms. The zero-order chi connectivity index (χ0) is 23.0. The molecule has 0 saturated heterocycles. The molecular formula is C23H22F2N4O2S. The number of pyridine rings is 1. The number of nitrogens with one attached hydrogen (secondary N) is 1. The van der Waals surface area contributed by atoms with Crippen LogP contribution in [-0.4, -0.2) is 27.8 Å². The van der Waals surface area contributed by atoms with Gasteiger partial charge in [0.05, 0.1) is 5.69 Å². The monoisotopic (exact) mass is 456 g/mol. The Morgan fingerprint density at radius 1 is 1.12 bits per heavy atom. The van der Waals surface area contributed by atoms with Gasteiger partial charge in [0.2, 0.25) is 11.9 Å². The molecule has 0 aliphatic heterocycles. The molecule has 1 unspecified atom stereocenters. The third-order valence-electron chi connectivity index (χ3n) is 5.75. The fourth-order valence-electron chi connectivity index (χ4n) is 3.65. The number of anilines is 2. The van der Waals surface area contributed by atoms with Crippen LogP contribution in [-0.2, 0) is 0 Å². The van der Waals surface area contributed by atoms with E-state index < -0.39 is 17.8 Å². The number of rotatable bonds is 5. The number of hydrogen-bond donors (Lipinski definition) is 1. The third kappa shape index (κ3) is 4.25. The second-order valence-corrected chi connectivity index (χ2v) is 9.61. The number of thiazole rings is 1. The van der Waals surface area contributed by atoms with Gasteiger partial charge in [0.1, 0.15) is 5.69 Å². The minimum atomic E-state index is -1.07. The molecule has 3 aromatic rings. The van der Waals surface area contributed by atoms with Gasteiger partial charge in [-0.1, -0.05) is 32.0 Å². The van der Waals surface area contributed by atoms with E-state index >= 15 is 0 Å². The SMILES string of the molecule is Cc1sc(N(C(=O)c2ccccc2)c2cc(F)nc(F)c2)nc1C(=O)NC1CCC1(C)C. The second kappa shape index (κ2) is 8.38. The highest BCUT2D eigenvalue weighted by Gasteiger charge is 2.40. The van der Waals surface area contributed by atoms with Crippen molar-refractivity contribution in [3.63, 3.8) is 0 Å². The van der Waals surface area contributed by atoms with Crippen molar-refractivity contribution in [2.75, 3.05) is 4.90 Å². The van der Waals surface area contributed by atoms with Crippen molar-refractivity contribution >= 4 is 34.0 Å². The molecule has 2 aromatic heterocycles. The van der Waals surface area contributed by atoms with Gasteiger partial charge in [-0.05, 0) is 37.3 Å². The van der Waals surface area contributed by atoms with Crippen LogP contribution in [0.2, 0.25) is 0 Å². The Balaban J connectivity index is 1.72. The Bertz CT molecular complexity index is 1160. The Kier molecular flexibility index (Phi) is 5.77. The van der Waals surface area contributed by atoms with Gasteiger partial charge >= 0.3 is 0 Å². The first-order chi connectivity index (χ1) is 15.2. The summed E-state index contributed by atoms with van der Waals surface area (Å²) in [6.45, 7) is 5.90. The molecule has 1 aliphatic rings. The second-order valence-electron chi connectivity index (χ2n) is 8.43. The number of aromatic nitrogens is 2. The zero-order valence-corrected chi connectivity index (χ0v) is 18.7. The van der Waals surface area contributed by atoms with Gasteiger partial charge in [-0.25, -0.2) is 4.98 Å². The maximum Gasteiger partial charge on any atom is 0.271 e. The molecule has 6 nitrogen and oxygen atoms in total. The van der Waals surface area contributed by atoms with Gasteiger partial charge in [0.25, 0.3) is 11.8 Å². The van der Waals surface area contributed by atoms with E-state index in [9.17, 15) is 18.4 Å². The molecular weight excluding hydrogens is 434 g/mol. The number of hydrogen-bond acceptors (Lipinski definition) is 5. The van der Waals surface area contributed by atoms with Crippen LogP contribution in [0.4, 0.5) is 19.6 Å². The van der Waals surface area contributed by atoms with Crippen LogP contribution in [0.5, 0.6) is 0 Å². The Labute approximate surface area is 188 Å². The summed E-state index contributed by atoms with van der Waals surface area (Å²) >= 11 is 1.10. The number of benzene rings is 1. The molecule has 1 N–H and O–H groups in total. The highest BCUT2D eigenvalue weighted by Crippen LogP contribution is 2.40. The number of halogens is 2. The largest absolute Gasteiger partial charge is 0.347 e. The molecule has 9 heteroatoms. The molecule has 1 atom stereocenters. The van der Waals surface area contributed by atoms with E-state index in [1.807, 2.05) is 0 Å². The van der Waals surface area contributed by atoms with Gasteiger partial charge < -0.3 is 5.32 Å². The first kappa shape index (κ1) is 22.0. The minimum Gasteiger partial charge on any atom is -0.347 e. The summed E-state index contributed by atoms with van der Waals surface area (Å²) in [5.74, 6) is -2.99. The molecule has 0 radical (unpaired) electrons. The molecule has 1 saturated carbocycles. The van der Waals surface area contributed by atoms with Crippen LogP contribution in [0, 0.1) is 24.2 Å². The van der Waals surface area contributed by atoms with E-state index in [1.165, 1.54) is 0 Å². The number of carbonyl (C=O) groups excluding carboxylic acids is 2. The van der Waals surface area contributed by atoms with Gasteiger partial charge in [-0.15, -0.1) is 11.3 Å². The maximum absolute atomic E-state index is 13.9. The molecule has 2 amide bonds. The van der Waals surface area contributed by atoms with Crippen molar-refractivity contribution in [3.05, 3.63) is 70.5 Å². The van der Waals surface area contributed by atoms with E-state index in [1.54, 1.807) is 37.3 Å². The normalized spacial score (nSPS) is 16.8. The summed E-state index contributed by atoms with van der Waals surface area (Å²) in [6, 6.07) is 10.3. The lowest BCUT2D eigenvalue weighted by Crippen LogP contribution is -2.52. The average molecular weight is 457 g/mol. The van der Waals surface area contributed by atoms with Crippen LogP contribution in [0.1, 0.15) is 52.4 Å². The Morgan fingerprint density at radius 2 is 1.78 bits per heavy atom. The van der Waals surface area contributed by atoms with Crippen LogP contribution in [0.25, 0.3) is 0 Å². The minimum absolute atomic E-state index is 0.0177. The van der Waals surface area contributed by atoms with Gasteiger partial charge in [0.15, 0.2) is 5.13 Å². The average Bonchev–Trinajstić information content (AvgIpc) is 3.12. The number of nitrogens with zero attached hydrogens (tertiary/aromatic N) is 3. The van der Waals surface area contributed by atoms with Crippen LogP contribution < -0.4 is 10.2 Å². The van der Waals surface area contributed by atoms with Crippen molar-refractivity contribution in [2.45, 2.75) is 39.7 Å². The molecule has 1 aliphatic carbocycles. The standard InChI is InChI=1S/C23H22F2N4O2S/c1-13-19(20(30)26-16-9-10-23(16,2)3)28-22(32-13)29(15-11-17(24)27-18(25)12-15)21(31)14-7-5-4-6-8-14/h4-8,11-12,16H,9-10H2,1-3H3,(H,26,30). The fraction of sp³-hybridized carbons (Fsp3) is 0.304. The predicted octanol–water partition coefficient (Wildman–Crippen LogP) is 5.02. The zero-order valence-electron chi connectivity index (χ0n) is 17.9. The third-order valence-corrected chi connectivity index (χ3v) is 6.70. The molecule has 32 heavy (non-hydrogen) atoms. The number of aryl methyl sites for hydroxylation is 1. The Morgan fingerprint density at radius 3 is 2.34 bits per heavy atom. The quantitative estimate of drug-likeness (QED) is 0.547.